The molecule has 3 aliphatic rings. The molecule has 12 N–H and O–H groups in total. The van der Waals surface area contributed by atoms with E-state index in [4.69, 9.17) is 28.4 Å². The molecular formula is C54H97NO18. The van der Waals surface area contributed by atoms with E-state index >= 15 is 0 Å². The zero-order valence-corrected chi connectivity index (χ0v) is 43.9. The summed E-state index contributed by atoms with van der Waals surface area (Å²) in [5, 5.41) is 120. The molecule has 17 unspecified atom stereocenters. The van der Waals surface area contributed by atoms with Crippen LogP contribution in [-0.4, -0.2) is 193 Å². The Kier molecular flexibility index (Phi) is 34.5. The Labute approximate surface area is 434 Å². The number of ether oxygens (including phenoxy) is 6. The van der Waals surface area contributed by atoms with E-state index in [9.17, 15) is 61.0 Å². The zero-order valence-electron chi connectivity index (χ0n) is 43.9. The molecular weight excluding hydrogens is 951 g/mol. The summed E-state index contributed by atoms with van der Waals surface area (Å²) in [6.07, 6.45) is 11.0. The number of hydrogen-bond donors (Lipinski definition) is 12. The van der Waals surface area contributed by atoms with Gasteiger partial charge in [-0.05, 0) is 44.9 Å². The molecule has 1 amide bonds. The lowest BCUT2D eigenvalue weighted by Gasteiger charge is -2.48. The van der Waals surface area contributed by atoms with Gasteiger partial charge in [0.15, 0.2) is 18.9 Å². The Morgan fingerprint density at radius 3 is 1.47 bits per heavy atom. The quantitative estimate of drug-likeness (QED) is 0.0310. The Balaban J connectivity index is 1.54. The average Bonchev–Trinajstić information content (AvgIpc) is 3.39. The van der Waals surface area contributed by atoms with Gasteiger partial charge in [0.25, 0.3) is 0 Å². The van der Waals surface area contributed by atoms with Gasteiger partial charge in [0.05, 0.1) is 38.6 Å². The lowest BCUT2D eigenvalue weighted by Crippen LogP contribution is -2.66. The van der Waals surface area contributed by atoms with Gasteiger partial charge in [-0.2, -0.15) is 0 Å². The van der Waals surface area contributed by atoms with Gasteiger partial charge < -0.3 is 89.9 Å². The second-order valence-corrected chi connectivity index (χ2v) is 20.0. The first-order valence-corrected chi connectivity index (χ1v) is 27.7. The molecule has 0 saturated carbocycles. The molecule has 0 radical (unpaired) electrons. The number of allylic oxidation sites excluding steroid dienone is 6. The number of carbonyl (C=O) groups excluding carboxylic acids is 1. The molecule has 17 atom stereocenters. The molecule has 73 heavy (non-hydrogen) atoms. The molecule has 3 heterocycles. The van der Waals surface area contributed by atoms with E-state index in [-0.39, 0.29) is 18.9 Å². The second kappa shape index (κ2) is 38.5. The Hall–Kier alpha value is -1.99. The van der Waals surface area contributed by atoms with Gasteiger partial charge in [0, 0.05) is 6.42 Å². The Bertz CT molecular complexity index is 1490. The van der Waals surface area contributed by atoms with Crippen molar-refractivity contribution in [3.8, 4) is 0 Å². The van der Waals surface area contributed by atoms with Crippen LogP contribution < -0.4 is 5.32 Å². The Morgan fingerprint density at radius 1 is 0.507 bits per heavy atom. The largest absolute Gasteiger partial charge is 0.394 e. The molecule has 3 rings (SSSR count). The molecule has 19 nitrogen and oxygen atoms in total. The number of rotatable bonds is 39. The SMILES string of the molecule is CC/C=C\C/C=C\C/C=C\CCCCCC(=O)NC(COC1OC(CO)C(OC2OC(CO)C(OC3OC(CO)C(O)C(O)C3O)C(O)C2O)C(O)C1O)C(O)CCCCCCCCCCCCCCCCC. The van der Waals surface area contributed by atoms with Gasteiger partial charge in [-0.1, -0.05) is 153 Å². The van der Waals surface area contributed by atoms with Crippen LogP contribution in [0.2, 0.25) is 0 Å². The smallest absolute Gasteiger partial charge is 0.220 e. The number of hydrogen-bond acceptors (Lipinski definition) is 18. The van der Waals surface area contributed by atoms with Crippen molar-refractivity contribution >= 4 is 5.91 Å². The third-order valence-electron chi connectivity index (χ3n) is 14.0. The van der Waals surface area contributed by atoms with E-state index in [1.807, 2.05) is 0 Å². The third kappa shape index (κ3) is 23.7. The van der Waals surface area contributed by atoms with Crippen molar-refractivity contribution in [2.24, 2.45) is 0 Å². The molecule has 0 aromatic rings. The first kappa shape index (κ1) is 65.3. The Morgan fingerprint density at radius 2 is 0.945 bits per heavy atom. The summed E-state index contributed by atoms with van der Waals surface area (Å²) >= 11 is 0. The minimum Gasteiger partial charge on any atom is -0.394 e. The van der Waals surface area contributed by atoms with Crippen molar-refractivity contribution in [3.63, 3.8) is 0 Å². The number of amides is 1. The number of nitrogens with one attached hydrogen (secondary N) is 1. The van der Waals surface area contributed by atoms with E-state index in [2.05, 4.69) is 55.6 Å². The van der Waals surface area contributed by atoms with E-state index in [0.717, 1.165) is 64.2 Å². The van der Waals surface area contributed by atoms with Crippen molar-refractivity contribution in [3.05, 3.63) is 36.5 Å². The minimum atomic E-state index is -1.97. The molecule has 0 aromatic carbocycles. The zero-order chi connectivity index (χ0) is 53.4. The number of carbonyl (C=O) groups is 1. The van der Waals surface area contributed by atoms with Crippen LogP contribution in [0.3, 0.4) is 0 Å². The summed E-state index contributed by atoms with van der Waals surface area (Å²) in [6.45, 7) is 1.62. The van der Waals surface area contributed by atoms with Crippen LogP contribution >= 0.6 is 0 Å². The normalized spacial score (nSPS) is 32.0. The molecule has 3 aliphatic heterocycles. The maximum absolute atomic E-state index is 13.3. The van der Waals surface area contributed by atoms with Crippen LogP contribution in [0.15, 0.2) is 36.5 Å². The lowest BCUT2D eigenvalue weighted by atomic mass is 9.96. The van der Waals surface area contributed by atoms with Crippen molar-refractivity contribution < 1.29 is 89.4 Å². The van der Waals surface area contributed by atoms with Crippen LogP contribution in [0, 0.1) is 0 Å². The van der Waals surface area contributed by atoms with Crippen molar-refractivity contribution in [1.29, 1.82) is 0 Å². The van der Waals surface area contributed by atoms with Gasteiger partial charge in [0.1, 0.15) is 73.2 Å². The maximum atomic E-state index is 13.3. The minimum absolute atomic E-state index is 0.230. The lowest BCUT2D eigenvalue weighted by molar-refractivity contribution is -0.379. The molecule has 0 aliphatic carbocycles. The van der Waals surface area contributed by atoms with Crippen LogP contribution in [0.25, 0.3) is 0 Å². The second-order valence-electron chi connectivity index (χ2n) is 20.0. The fourth-order valence-corrected chi connectivity index (χ4v) is 9.38. The first-order valence-electron chi connectivity index (χ1n) is 27.7. The number of aliphatic hydroxyl groups is 11. The van der Waals surface area contributed by atoms with E-state index in [0.29, 0.717) is 12.8 Å². The fraction of sp³-hybridized carbons (Fsp3) is 0.870. The fourth-order valence-electron chi connectivity index (χ4n) is 9.38. The monoisotopic (exact) mass is 1050 g/mol. The summed E-state index contributed by atoms with van der Waals surface area (Å²) in [5.74, 6) is -0.274. The van der Waals surface area contributed by atoms with Gasteiger partial charge in [-0.15, -0.1) is 0 Å². The van der Waals surface area contributed by atoms with Gasteiger partial charge in [-0.3, -0.25) is 4.79 Å². The summed E-state index contributed by atoms with van der Waals surface area (Å²) < 4.78 is 34.2. The topological polar surface area (TPSA) is 307 Å². The maximum Gasteiger partial charge on any atom is 0.220 e. The highest BCUT2D eigenvalue weighted by Gasteiger charge is 2.53. The highest BCUT2D eigenvalue weighted by Crippen LogP contribution is 2.33. The van der Waals surface area contributed by atoms with Crippen LogP contribution in [0.1, 0.15) is 168 Å². The van der Waals surface area contributed by atoms with Gasteiger partial charge in [0.2, 0.25) is 5.91 Å². The third-order valence-corrected chi connectivity index (χ3v) is 14.0. The van der Waals surface area contributed by atoms with E-state index in [1.165, 1.54) is 70.6 Å². The molecule has 426 valence electrons. The summed E-state index contributed by atoms with van der Waals surface area (Å²) in [6, 6.07) is -0.900. The van der Waals surface area contributed by atoms with E-state index in [1.54, 1.807) is 0 Å². The first-order chi connectivity index (χ1) is 35.3. The van der Waals surface area contributed by atoms with Gasteiger partial charge in [-0.25, -0.2) is 0 Å². The van der Waals surface area contributed by atoms with E-state index < -0.39 is 124 Å². The molecule has 19 heteroatoms. The van der Waals surface area contributed by atoms with Crippen LogP contribution in [0.4, 0.5) is 0 Å². The summed E-state index contributed by atoms with van der Waals surface area (Å²) in [4.78, 5) is 13.3. The predicted octanol–water partition coefficient (Wildman–Crippen LogP) is 3.37. The number of aliphatic hydroxyl groups excluding tert-OH is 11. The molecule has 3 fully saturated rings. The van der Waals surface area contributed by atoms with Crippen molar-refractivity contribution in [1.82, 2.24) is 5.32 Å². The number of unbranched alkanes of at least 4 members (excludes halogenated alkanes) is 17. The molecule has 0 aromatic heterocycles. The highest BCUT2D eigenvalue weighted by molar-refractivity contribution is 5.76. The summed E-state index contributed by atoms with van der Waals surface area (Å²) in [7, 11) is 0. The van der Waals surface area contributed by atoms with Crippen molar-refractivity contribution in [2.45, 2.75) is 272 Å². The van der Waals surface area contributed by atoms with Gasteiger partial charge >= 0.3 is 0 Å². The summed E-state index contributed by atoms with van der Waals surface area (Å²) in [5.41, 5.74) is 0. The molecule has 0 spiro atoms. The van der Waals surface area contributed by atoms with Crippen LogP contribution in [-0.2, 0) is 33.2 Å². The molecule has 3 saturated heterocycles. The predicted molar refractivity (Wildman–Crippen MR) is 272 cm³/mol. The standard InChI is InChI=1S/C54H97NO18/c1-3-5-7-9-11-13-15-17-18-20-21-23-25-27-29-31-38(59)37(55-42(60)32-30-28-26-24-22-19-16-14-12-10-8-6-4-2)36-68-52-48(66)45(63)50(40(34-57)70-52)73-54-49(67)46(64)51(41(35-58)71-54)72-53-47(65)44(62)43(61)39(33-56)69-53/h6,8,12,14,19,22,37-41,43-54,56-59,61-67H,3-5,7,9-11,13,15-18,20-21,23-36H2,1-2H3,(H,55,60)/b8-6-,14-12-,22-19-. The van der Waals surface area contributed by atoms with Crippen LogP contribution in [0.5, 0.6) is 0 Å². The highest BCUT2D eigenvalue weighted by atomic mass is 16.8. The van der Waals surface area contributed by atoms with Crippen molar-refractivity contribution in [2.75, 3.05) is 26.4 Å². The molecule has 0 bridgehead atoms. The average molecular weight is 1050 g/mol.